The maximum atomic E-state index is 12.5. The number of aromatic nitrogens is 1. The smallest absolute Gasteiger partial charge is 0.224 e. The quantitative estimate of drug-likeness (QED) is 0.758. The van der Waals surface area contributed by atoms with Gasteiger partial charge >= 0.3 is 0 Å². The molecule has 0 radical (unpaired) electrons. The minimum absolute atomic E-state index is 0.00463. The average Bonchev–Trinajstić information content (AvgIpc) is 2.68. The van der Waals surface area contributed by atoms with Crippen molar-refractivity contribution in [2.45, 2.75) is 13.3 Å². The lowest BCUT2D eigenvalue weighted by Crippen LogP contribution is -2.48. The van der Waals surface area contributed by atoms with Crippen LogP contribution >= 0.6 is 0 Å². The molecule has 0 spiro atoms. The third kappa shape index (κ3) is 3.82. The summed E-state index contributed by atoms with van der Waals surface area (Å²) in [6.07, 6.45) is 2.75. The van der Waals surface area contributed by atoms with Gasteiger partial charge in [0.1, 0.15) is 0 Å². The Balaban J connectivity index is 1.70. The van der Waals surface area contributed by atoms with Crippen molar-refractivity contribution in [1.82, 2.24) is 14.8 Å². The van der Waals surface area contributed by atoms with Crippen LogP contribution in [0.5, 0.6) is 0 Å². The van der Waals surface area contributed by atoms with Gasteiger partial charge in [-0.15, -0.1) is 0 Å². The number of fused-ring (bicyclic) bond motifs is 1. The van der Waals surface area contributed by atoms with E-state index in [1.807, 2.05) is 30.3 Å². The summed E-state index contributed by atoms with van der Waals surface area (Å²) in [5.41, 5.74) is 1.46. The summed E-state index contributed by atoms with van der Waals surface area (Å²) >= 11 is 0. The van der Waals surface area contributed by atoms with Gasteiger partial charge in [0.15, 0.2) is 0 Å². The van der Waals surface area contributed by atoms with Crippen molar-refractivity contribution in [3.8, 4) is 0 Å². The normalized spacial score (nSPS) is 14.3. The standard InChI is InChI=1S/C19H22N4O3/c1-15(25)23(17-6-2-4-16-5-3-8-20-19(16)17)9-7-18(26)22-12-10-21(14-24)11-13-22/h2-6,8,14H,7,9-13H2,1H3. The van der Waals surface area contributed by atoms with Gasteiger partial charge in [0.2, 0.25) is 18.2 Å². The summed E-state index contributed by atoms with van der Waals surface area (Å²) in [6.45, 7) is 3.98. The predicted molar refractivity (Wildman–Crippen MR) is 98.6 cm³/mol. The lowest BCUT2D eigenvalue weighted by atomic mass is 10.1. The fraction of sp³-hybridized carbons (Fsp3) is 0.368. The number of rotatable bonds is 5. The van der Waals surface area contributed by atoms with Crippen molar-refractivity contribution in [3.05, 3.63) is 36.5 Å². The summed E-state index contributed by atoms with van der Waals surface area (Å²) < 4.78 is 0. The molecule has 7 heteroatoms. The zero-order chi connectivity index (χ0) is 18.5. The number of pyridine rings is 1. The van der Waals surface area contributed by atoms with E-state index in [0.717, 1.165) is 17.3 Å². The van der Waals surface area contributed by atoms with Crippen LogP contribution in [0.2, 0.25) is 0 Å². The lowest BCUT2D eigenvalue weighted by molar-refractivity contribution is -0.135. The molecule has 1 aliphatic rings. The van der Waals surface area contributed by atoms with E-state index in [-0.39, 0.29) is 18.2 Å². The number of carbonyl (C=O) groups is 3. The van der Waals surface area contributed by atoms with Crippen LogP contribution < -0.4 is 4.90 Å². The number of hydrogen-bond donors (Lipinski definition) is 0. The van der Waals surface area contributed by atoms with Crippen LogP contribution in [0.4, 0.5) is 5.69 Å². The molecular weight excluding hydrogens is 332 g/mol. The summed E-state index contributed by atoms with van der Waals surface area (Å²) in [5.74, 6) is -0.128. The molecule has 3 rings (SSSR count). The molecule has 0 atom stereocenters. The van der Waals surface area contributed by atoms with Gasteiger partial charge < -0.3 is 14.7 Å². The number of anilines is 1. The Morgan fingerprint density at radius 1 is 1.15 bits per heavy atom. The predicted octanol–water partition coefficient (Wildman–Crippen LogP) is 1.28. The third-order valence-corrected chi connectivity index (χ3v) is 4.65. The largest absolute Gasteiger partial charge is 0.342 e. The van der Waals surface area contributed by atoms with Crippen LogP contribution in [0.3, 0.4) is 0 Å². The molecule has 26 heavy (non-hydrogen) atoms. The number of amides is 3. The molecule has 0 N–H and O–H groups in total. The Labute approximate surface area is 152 Å². The first kappa shape index (κ1) is 17.8. The molecule has 7 nitrogen and oxygen atoms in total. The Morgan fingerprint density at radius 2 is 1.88 bits per heavy atom. The second kappa shape index (κ2) is 7.95. The first-order valence-electron chi connectivity index (χ1n) is 8.69. The molecule has 0 bridgehead atoms. The van der Waals surface area contributed by atoms with E-state index in [1.54, 1.807) is 20.9 Å². The molecule has 2 heterocycles. The summed E-state index contributed by atoms with van der Waals surface area (Å²) in [6, 6.07) is 9.48. The van der Waals surface area contributed by atoms with Crippen molar-refractivity contribution in [2.24, 2.45) is 0 Å². The zero-order valence-electron chi connectivity index (χ0n) is 14.8. The van der Waals surface area contributed by atoms with E-state index in [2.05, 4.69) is 4.98 Å². The van der Waals surface area contributed by atoms with Gasteiger partial charge in [-0.3, -0.25) is 19.4 Å². The molecular formula is C19H22N4O3. The zero-order valence-corrected chi connectivity index (χ0v) is 14.8. The molecule has 0 aliphatic carbocycles. The molecule has 0 unspecified atom stereocenters. The van der Waals surface area contributed by atoms with Gasteiger partial charge in [0, 0.05) is 57.7 Å². The Hall–Kier alpha value is -2.96. The number of nitrogens with zero attached hydrogens (tertiary/aromatic N) is 4. The van der Waals surface area contributed by atoms with Gasteiger partial charge in [0.05, 0.1) is 11.2 Å². The highest BCUT2D eigenvalue weighted by Crippen LogP contribution is 2.25. The van der Waals surface area contributed by atoms with Crippen LogP contribution in [0.25, 0.3) is 10.9 Å². The van der Waals surface area contributed by atoms with Gasteiger partial charge in [-0.05, 0) is 12.1 Å². The SMILES string of the molecule is CC(=O)N(CCC(=O)N1CCN(C=O)CC1)c1cccc2cccnc12. The Morgan fingerprint density at radius 3 is 2.58 bits per heavy atom. The van der Waals surface area contributed by atoms with Crippen molar-refractivity contribution in [3.63, 3.8) is 0 Å². The van der Waals surface area contributed by atoms with E-state index in [1.165, 1.54) is 6.92 Å². The van der Waals surface area contributed by atoms with Crippen molar-refractivity contribution in [2.75, 3.05) is 37.6 Å². The van der Waals surface area contributed by atoms with Crippen molar-refractivity contribution < 1.29 is 14.4 Å². The number of piperazine rings is 1. The lowest BCUT2D eigenvalue weighted by Gasteiger charge is -2.33. The van der Waals surface area contributed by atoms with E-state index in [0.29, 0.717) is 38.4 Å². The number of benzene rings is 1. The number of para-hydroxylation sites is 1. The van der Waals surface area contributed by atoms with E-state index >= 15 is 0 Å². The molecule has 1 saturated heterocycles. The van der Waals surface area contributed by atoms with Gasteiger partial charge in [-0.2, -0.15) is 0 Å². The van der Waals surface area contributed by atoms with Crippen LogP contribution in [0.1, 0.15) is 13.3 Å². The maximum Gasteiger partial charge on any atom is 0.224 e. The topological polar surface area (TPSA) is 73.8 Å². The molecule has 1 aromatic heterocycles. The van der Waals surface area contributed by atoms with Crippen LogP contribution in [0.15, 0.2) is 36.5 Å². The van der Waals surface area contributed by atoms with E-state index < -0.39 is 0 Å². The fourth-order valence-corrected chi connectivity index (χ4v) is 3.20. The van der Waals surface area contributed by atoms with Crippen LogP contribution in [-0.2, 0) is 14.4 Å². The summed E-state index contributed by atoms with van der Waals surface area (Å²) in [4.78, 5) is 44.8. The monoisotopic (exact) mass is 354 g/mol. The Bertz CT molecular complexity index is 810. The highest BCUT2D eigenvalue weighted by molar-refractivity contribution is 6.01. The highest BCUT2D eigenvalue weighted by atomic mass is 16.2. The van der Waals surface area contributed by atoms with Gasteiger partial charge in [0.25, 0.3) is 0 Å². The number of hydrogen-bond acceptors (Lipinski definition) is 4. The highest BCUT2D eigenvalue weighted by Gasteiger charge is 2.22. The molecule has 1 fully saturated rings. The maximum absolute atomic E-state index is 12.5. The molecule has 0 saturated carbocycles. The first-order chi connectivity index (χ1) is 12.6. The molecule has 2 aromatic rings. The molecule has 3 amide bonds. The average molecular weight is 354 g/mol. The molecule has 136 valence electrons. The van der Waals surface area contributed by atoms with E-state index in [9.17, 15) is 14.4 Å². The molecule has 1 aliphatic heterocycles. The second-order valence-electron chi connectivity index (χ2n) is 6.30. The Kier molecular flexibility index (Phi) is 5.46. The first-order valence-corrected chi connectivity index (χ1v) is 8.69. The van der Waals surface area contributed by atoms with Gasteiger partial charge in [-0.1, -0.05) is 18.2 Å². The van der Waals surface area contributed by atoms with Crippen molar-refractivity contribution >= 4 is 34.8 Å². The van der Waals surface area contributed by atoms with E-state index in [4.69, 9.17) is 0 Å². The van der Waals surface area contributed by atoms with Crippen molar-refractivity contribution in [1.29, 1.82) is 0 Å². The summed E-state index contributed by atoms with van der Waals surface area (Å²) in [5, 5.41) is 0.951. The minimum Gasteiger partial charge on any atom is -0.342 e. The fourth-order valence-electron chi connectivity index (χ4n) is 3.20. The minimum atomic E-state index is -0.123. The number of carbonyl (C=O) groups excluding carboxylic acids is 3. The molecule has 1 aromatic carbocycles. The van der Waals surface area contributed by atoms with Gasteiger partial charge in [-0.25, -0.2) is 0 Å². The van der Waals surface area contributed by atoms with Crippen LogP contribution in [0, 0.1) is 0 Å². The third-order valence-electron chi connectivity index (χ3n) is 4.65. The summed E-state index contributed by atoms with van der Waals surface area (Å²) in [7, 11) is 0. The van der Waals surface area contributed by atoms with Crippen LogP contribution in [-0.4, -0.2) is 65.7 Å². The second-order valence-corrected chi connectivity index (χ2v) is 6.30.